The van der Waals surface area contributed by atoms with E-state index in [1.165, 1.54) is 20.3 Å². The van der Waals surface area contributed by atoms with Gasteiger partial charge in [-0.1, -0.05) is 19.9 Å². The highest BCUT2D eigenvalue weighted by molar-refractivity contribution is 6.09. The zero-order valence-corrected chi connectivity index (χ0v) is 17.8. The van der Waals surface area contributed by atoms with Crippen LogP contribution >= 0.6 is 0 Å². The predicted octanol–water partition coefficient (Wildman–Crippen LogP) is 4.29. The third kappa shape index (κ3) is 5.92. The van der Waals surface area contributed by atoms with Crippen LogP contribution in [0, 0.1) is 17.2 Å². The van der Waals surface area contributed by atoms with Crippen LogP contribution in [-0.2, 0) is 4.79 Å². The third-order valence-electron chi connectivity index (χ3n) is 4.08. The molecule has 0 aliphatic heterocycles. The van der Waals surface area contributed by atoms with Crippen LogP contribution in [0.3, 0.4) is 0 Å². The molecule has 2 rings (SSSR count). The highest BCUT2D eigenvalue weighted by Gasteiger charge is 2.13. The average Bonchev–Trinajstić information content (AvgIpc) is 2.75. The second-order valence-electron chi connectivity index (χ2n) is 6.81. The first-order chi connectivity index (χ1) is 14.4. The summed E-state index contributed by atoms with van der Waals surface area (Å²) < 4.78 is 21.5. The number of methoxy groups -OCH3 is 3. The Morgan fingerprint density at radius 3 is 2.23 bits per heavy atom. The fourth-order valence-corrected chi connectivity index (χ4v) is 2.58. The molecule has 2 aromatic carbocycles. The van der Waals surface area contributed by atoms with E-state index >= 15 is 0 Å². The lowest BCUT2D eigenvalue weighted by atomic mass is 10.1. The molecule has 0 fully saturated rings. The number of benzene rings is 2. The predicted molar refractivity (Wildman–Crippen MR) is 115 cm³/mol. The van der Waals surface area contributed by atoms with Gasteiger partial charge in [-0.25, -0.2) is 0 Å². The van der Waals surface area contributed by atoms with E-state index < -0.39 is 5.91 Å². The van der Waals surface area contributed by atoms with E-state index in [0.29, 0.717) is 46.8 Å². The molecule has 7 heteroatoms. The summed E-state index contributed by atoms with van der Waals surface area (Å²) in [5, 5.41) is 12.2. The molecule has 0 saturated carbocycles. The number of anilines is 1. The zero-order valence-electron chi connectivity index (χ0n) is 17.8. The summed E-state index contributed by atoms with van der Waals surface area (Å²) in [5.74, 6) is 1.96. The third-order valence-corrected chi connectivity index (χ3v) is 4.08. The van der Waals surface area contributed by atoms with Gasteiger partial charge in [0.25, 0.3) is 5.91 Å². The van der Waals surface area contributed by atoms with Gasteiger partial charge in [0.05, 0.1) is 27.9 Å². The number of amides is 1. The van der Waals surface area contributed by atoms with Gasteiger partial charge in [-0.05, 0) is 41.8 Å². The van der Waals surface area contributed by atoms with Gasteiger partial charge >= 0.3 is 0 Å². The lowest BCUT2D eigenvalue weighted by molar-refractivity contribution is -0.112. The summed E-state index contributed by atoms with van der Waals surface area (Å²) in [6.07, 6.45) is 1.50. The van der Waals surface area contributed by atoms with E-state index in [0.717, 1.165) is 0 Å². The summed E-state index contributed by atoms with van der Waals surface area (Å²) in [7, 11) is 4.59. The second kappa shape index (κ2) is 10.8. The molecular weight excluding hydrogens is 384 g/mol. The molecule has 0 aromatic heterocycles. The number of nitrogens with one attached hydrogen (secondary N) is 1. The molecule has 0 saturated heterocycles. The number of hydrogen-bond acceptors (Lipinski definition) is 6. The molecule has 1 amide bonds. The largest absolute Gasteiger partial charge is 0.493 e. The van der Waals surface area contributed by atoms with E-state index in [1.54, 1.807) is 43.5 Å². The number of rotatable bonds is 9. The monoisotopic (exact) mass is 410 g/mol. The summed E-state index contributed by atoms with van der Waals surface area (Å²) in [6, 6.07) is 12.1. The average molecular weight is 410 g/mol. The Morgan fingerprint density at radius 1 is 1.00 bits per heavy atom. The van der Waals surface area contributed by atoms with Crippen molar-refractivity contribution in [2.75, 3.05) is 33.3 Å². The Bertz CT molecular complexity index is 961. The van der Waals surface area contributed by atoms with Crippen LogP contribution < -0.4 is 24.3 Å². The van der Waals surface area contributed by atoms with Crippen molar-refractivity contribution >= 4 is 17.7 Å². The zero-order chi connectivity index (χ0) is 22.1. The second-order valence-corrected chi connectivity index (χ2v) is 6.81. The standard InChI is InChI=1S/C23H26N2O5/c1-15(2)14-30-22-11-16(6-8-20(22)28-4)10-17(13-24)23(26)25-18-7-9-19(27-3)21(12-18)29-5/h6-12,15H,14H2,1-5H3,(H,25,26)/b17-10+. The van der Waals surface area contributed by atoms with Gasteiger partial charge in [0, 0.05) is 11.8 Å². The van der Waals surface area contributed by atoms with E-state index in [9.17, 15) is 10.1 Å². The Kier molecular flexibility index (Phi) is 8.12. The molecule has 0 atom stereocenters. The Balaban J connectivity index is 2.25. The first-order valence-electron chi connectivity index (χ1n) is 9.37. The molecule has 0 spiro atoms. The number of ether oxygens (including phenoxy) is 4. The van der Waals surface area contributed by atoms with Crippen LogP contribution in [0.2, 0.25) is 0 Å². The smallest absolute Gasteiger partial charge is 0.266 e. The topological polar surface area (TPSA) is 89.8 Å². The van der Waals surface area contributed by atoms with Gasteiger partial charge in [-0.15, -0.1) is 0 Å². The molecule has 0 heterocycles. The first-order valence-corrected chi connectivity index (χ1v) is 9.37. The Morgan fingerprint density at radius 2 is 1.63 bits per heavy atom. The lowest BCUT2D eigenvalue weighted by Gasteiger charge is -2.13. The van der Waals surface area contributed by atoms with Crippen molar-refractivity contribution in [1.82, 2.24) is 0 Å². The highest BCUT2D eigenvalue weighted by atomic mass is 16.5. The fourth-order valence-electron chi connectivity index (χ4n) is 2.58. The van der Waals surface area contributed by atoms with Crippen LogP contribution in [0.1, 0.15) is 19.4 Å². The minimum atomic E-state index is -0.537. The maximum Gasteiger partial charge on any atom is 0.266 e. The molecule has 0 aliphatic carbocycles. The molecule has 158 valence electrons. The van der Waals surface area contributed by atoms with Crippen LogP contribution in [0.4, 0.5) is 5.69 Å². The molecule has 0 aliphatic rings. The van der Waals surface area contributed by atoms with Gasteiger partial charge in [0.1, 0.15) is 11.6 Å². The Labute approximate surface area is 176 Å². The molecular formula is C23H26N2O5. The van der Waals surface area contributed by atoms with E-state index in [1.807, 2.05) is 19.9 Å². The molecule has 2 aromatic rings. The summed E-state index contributed by atoms with van der Waals surface area (Å²) >= 11 is 0. The maximum atomic E-state index is 12.6. The minimum Gasteiger partial charge on any atom is -0.493 e. The molecule has 1 N–H and O–H groups in total. The van der Waals surface area contributed by atoms with Gasteiger partial charge < -0.3 is 24.3 Å². The molecule has 0 bridgehead atoms. The summed E-state index contributed by atoms with van der Waals surface area (Å²) in [5.41, 5.74) is 1.08. The first kappa shape index (κ1) is 22.6. The maximum absolute atomic E-state index is 12.6. The Hall–Kier alpha value is -3.66. The van der Waals surface area contributed by atoms with Gasteiger partial charge in [0.2, 0.25) is 0 Å². The highest BCUT2D eigenvalue weighted by Crippen LogP contribution is 2.31. The summed E-state index contributed by atoms with van der Waals surface area (Å²) in [4.78, 5) is 12.6. The number of carbonyl (C=O) groups is 1. The number of carbonyl (C=O) groups excluding carboxylic acids is 1. The fraction of sp³-hybridized carbons (Fsp3) is 0.304. The van der Waals surface area contributed by atoms with Gasteiger partial charge in [-0.2, -0.15) is 5.26 Å². The molecule has 0 unspecified atom stereocenters. The van der Waals surface area contributed by atoms with E-state index in [2.05, 4.69) is 5.32 Å². The van der Waals surface area contributed by atoms with Crippen molar-refractivity contribution in [3.05, 3.63) is 47.5 Å². The minimum absolute atomic E-state index is 0.0511. The normalized spacial score (nSPS) is 10.9. The van der Waals surface area contributed by atoms with Gasteiger partial charge in [0.15, 0.2) is 23.0 Å². The van der Waals surface area contributed by atoms with Crippen molar-refractivity contribution in [2.45, 2.75) is 13.8 Å². The SMILES string of the molecule is COc1ccc(NC(=O)/C(C#N)=C/c2ccc(OC)c(OCC(C)C)c2)cc1OC. The number of hydrogen-bond donors (Lipinski definition) is 1. The van der Waals surface area contributed by atoms with E-state index in [-0.39, 0.29) is 5.57 Å². The quantitative estimate of drug-likeness (QED) is 0.490. The van der Waals surface area contributed by atoms with Crippen molar-refractivity contribution < 1.29 is 23.7 Å². The molecule has 7 nitrogen and oxygen atoms in total. The van der Waals surface area contributed by atoms with Crippen LogP contribution in [0.5, 0.6) is 23.0 Å². The molecule has 0 radical (unpaired) electrons. The lowest BCUT2D eigenvalue weighted by Crippen LogP contribution is -2.13. The van der Waals surface area contributed by atoms with E-state index in [4.69, 9.17) is 18.9 Å². The number of nitrogens with zero attached hydrogens (tertiary/aromatic N) is 1. The van der Waals surface area contributed by atoms with Crippen LogP contribution in [0.25, 0.3) is 6.08 Å². The van der Waals surface area contributed by atoms with Crippen LogP contribution in [-0.4, -0.2) is 33.8 Å². The molecule has 30 heavy (non-hydrogen) atoms. The number of nitriles is 1. The van der Waals surface area contributed by atoms with Crippen molar-refractivity contribution in [3.8, 4) is 29.1 Å². The van der Waals surface area contributed by atoms with Crippen LogP contribution in [0.15, 0.2) is 42.0 Å². The summed E-state index contributed by atoms with van der Waals surface area (Å²) in [6.45, 7) is 4.61. The van der Waals surface area contributed by atoms with Crippen molar-refractivity contribution in [1.29, 1.82) is 5.26 Å². The van der Waals surface area contributed by atoms with Crippen molar-refractivity contribution in [3.63, 3.8) is 0 Å². The van der Waals surface area contributed by atoms with Gasteiger partial charge in [-0.3, -0.25) is 4.79 Å². The van der Waals surface area contributed by atoms with Crippen molar-refractivity contribution in [2.24, 2.45) is 5.92 Å².